The van der Waals surface area contributed by atoms with Gasteiger partial charge < -0.3 is 15.0 Å². The lowest BCUT2D eigenvalue weighted by molar-refractivity contribution is 0.0684. The number of carboxylic acid groups (broad SMARTS) is 1. The predicted molar refractivity (Wildman–Crippen MR) is 127 cm³/mol. The molecule has 2 heterocycles. The summed E-state index contributed by atoms with van der Waals surface area (Å²) >= 11 is 0. The number of carboxylic acids is 1. The van der Waals surface area contributed by atoms with Gasteiger partial charge >= 0.3 is 5.97 Å². The Kier molecular flexibility index (Phi) is 6.46. The molecule has 2 aliphatic rings. The molecule has 0 amide bonds. The number of aromatic carboxylic acids is 1. The Labute approximate surface area is 191 Å². The van der Waals surface area contributed by atoms with E-state index in [9.17, 15) is 9.90 Å². The van der Waals surface area contributed by atoms with Crippen molar-refractivity contribution in [1.29, 1.82) is 0 Å². The molecular formula is C25H39N5O2. The van der Waals surface area contributed by atoms with Crippen molar-refractivity contribution in [3.05, 3.63) is 11.6 Å². The minimum atomic E-state index is -1.11. The lowest BCUT2D eigenvalue weighted by atomic mass is 9.80. The van der Waals surface area contributed by atoms with Gasteiger partial charge in [0.2, 0.25) is 5.82 Å². The maximum atomic E-state index is 11.8. The summed E-state index contributed by atoms with van der Waals surface area (Å²) in [4.78, 5) is 25.5. The molecule has 0 radical (unpaired) electrons. The summed E-state index contributed by atoms with van der Waals surface area (Å²) in [6.07, 6.45) is 9.50. The van der Waals surface area contributed by atoms with Crippen LogP contribution in [-0.2, 0) is 13.0 Å². The van der Waals surface area contributed by atoms with Gasteiger partial charge in [0.25, 0.3) is 0 Å². The van der Waals surface area contributed by atoms with E-state index in [0.29, 0.717) is 23.3 Å². The van der Waals surface area contributed by atoms with E-state index in [-0.39, 0.29) is 17.3 Å². The molecule has 2 aromatic rings. The van der Waals surface area contributed by atoms with Gasteiger partial charge in [-0.15, -0.1) is 0 Å². The van der Waals surface area contributed by atoms with Crippen molar-refractivity contribution < 1.29 is 9.90 Å². The van der Waals surface area contributed by atoms with Crippen molar-refractivity contribution in [2.24, 2.45) is 23.2 Å². The van der Waals surface area contributed by atoms with Crippen molar-refractivity contribution in [3.63, 3.8) is 0 Å². The fourth-order valence-electron chi connectivity index (χ4n) is 5.13. The molecule has 4 rings (SSSR count). The largest absolute Gasteiger partial charge is 0.475 e. The Morgan fingerprint density at radius 1 is 1.12 bits per heavy atom. The average Bonchev–Trinajstić information content (AvgIpc) is 2.97. The van der Waals surface area contributed by atoms with Crippen LogP contribution >= 0.6 is 0 Å². The molecular weight excluding hydrogens is 402 g/mol. The second kappa shape index (κ2) is 8.99. The Bertz CT molecular complexity index is 965. The van der Waals surface area contributed by atoms with Gasteiger partial charge in [0.05, 0.1) is 0 Å². The summed E-state index contributed by atoms with van der Waals surface area (Å²) in [7, 11) is 0. The smallest absolute Gasteiger partial charge is 0.374 e. The third-order valence-corrected chi connectivity index (χ3v) is 7.36. The second-order valence-electron chi connectivity index (χ2n) is 11.5. The van der Waals surface area contributed by atoms with Gasteiger partial charge in [-0.25, -0.2) is 19.7 Å². The minimum absolute atomic E-state index is 0.0656. The number of fused-ring (bicyclic) bond motifs is 1. The van der Waals surface area contributed by atoms with E-state index < -0.39 is 5.97 Å². The van der Waals surface area contributed by atoms with E-state index in [1.54, 1.807) is 0 Å². The molecule has 2 aliphatic carbocycles. The van der Waals surface area contributed by atoms with Crippen LogP contribution in [0.3, 0.4) is 0 Å². The molecule has 0 saturated heterocycles. The summed E-state index contributed by atoms with van der Waals surface area (Å²) in [5, 5.41) is 13.2. The molecule has 2 fully saturated rings. The molecule has 0 spiro atoms. The average molecular weight is 442 g/mol. The zero-order valence-corrected chi connectivity index (χ0v) is 20.3. The van der Waals surface area contributed by atoms with Crippen molar-refractivity contribution in [1.82, 2.24) is 19.5 Å². The summed E-state index contributed by atoms with van der Waals surface area (Å²) in [6, 6.07) is 0.244. The number of carbonyl (C=O) groups is 1. The molecule has 32 heavy (non-hydrogen) atoms. The molecule has 2 aromatic heterocycles. The molecule has 1 atom stereocenters. The number of hydrogen-bond donors (Lipinski definition) is 2. The Morgan fingerprint density at radius 2 is 1.81 bits per heavy atom. The van der Waals surface area contributed by atoms with Gasteiger partial charge in [-0.1, -0.05) is 47.0 Å². The fourth-order valence-corrected chi connectivity index (χ4v) is 5.13. The lowest BCUT2D eigenvalue weighted by Gasteiger charge is -2.32. The molecule has 0 unspecified atom stereocenters. The number of imidazole rings is 1. The highest BCUT2D eigenvalue weighted by atomic mass is 16.4. The van der Waals surface area contributed by atoms with Crippen LogP contribution < -0.4 is 5.32 Å². The van der Waals surface area contributed by atoms with Gasteiger partial charge in [-0.2, -0.15) is 0 Å². The van der Waals surface area contributed by atoms with E-state index in [0.717, 1.165) is 30.2 Å². The summed E-state index contributed by atoms with van der Waals surface area (Å²) < 4.78 is 2.31. The maximum Gasteiger partial charge on any atom is 0.374 e. The molecule has 2 saturated carbocycles. The molecule has 0 aromatic carbocycles. The molecule has 0 bridgehead atoms. The highest BCUT2D eigenvalue weighted by molar-refractivity contribution is 5.90. The maximum absolute atomic E-state index is 11.8. The van der Waals surface area contributed by atoms with Gasteiger partial charge in [-0.3, -0.25) is 0 Å². The lowest BCUT2D eigenvalue weighted by Crippen LogP contribution is -2.31. The van der Waals surface area contributed by atoms with E-state index in [1.807, 2.05) is 0 Å². The first-order chi connectivity index (χ1) is 15.1. The molecule has 2 N–H and O–H groups in total. The second-order valence-corrected chi connectivity index (χ2v) is 11.5. The standard InChI is InChI=1S/C25H39N5O2/c1-15-9-11-17(12-10-15)14-30-19(13-25(3,4)5)27-22-20(30)21(28-23(29-22)24(31)32)26-16(2)18-7-6-8-18/h15-18H,6-14H2,1-5H3,(H,31,32)(H,26,28,29)/t15?,16-,17?/m1/s1. The first-order valence-corrected chi connectivity index (χ1v) is 12.4. The Morgan fingerprint density at radius 3 is 2.38 bits per heavy atom. The van der Waals surface area contributed by atoms with Gasteiger partial charge in [-0.05, 0) is 55.8 Å². The van der Waals surface area contributed by atoms with Crippen molar-refractivity contribution in [2.45, 2.75) is 98.6 Å². The van der Waals surface area contributed by atoms with E-state index in [4.69, 9.17) is 4.98 Å². The zero-order chi connectivity index (χ0) is 23.0. The first kappa shape index (κ1) is 23.0. The predicted octanol–water partition coefficient (Wildman–Crippen LogP) is 5.54. The van der Waals surface area contributed by atoms with Crippen LogP contribution in [0.15, 0.2) is 0 Å². The summed E-state index contributed by atoms with van der Waals surface area (Å²) in [6.45, 7) is 12.1. The quantitative estimate of drug-likeness (QED) is 0.586. The Hall–Kier alpha value is -2.18. The van der Waals surface area contributed by atoms with E-state index >= 15 is 0 Å². The molecule has 7 heteroatoms. The van der Waals surface area contributed by atoms with Gasteiger partial charge in [0.1, 0.15) is 11.3 Å². The molecule has 0 aliphatic heterocycles. The van der Waals surface area contributed by atoms with Crippen molar-refractivity contribution in [3.8, 4) is 0 Å². The monoisotopic (exact) mass is 441 g/mol. The highest BCUT2D eigenvalue weighted by Gasteiger charge is 2.29. The number of nitrogens with one attached hydrogen (secondary N) is 1. The number of anilines is 1. The molecule has 176 valence electrons. The van der Waals surface area contributed by atoms with Crippen LogP contribution in [0.2, 0.25) is 0 Å². The molecule has 7 nitrogen and oxygen atoms in total. The Balaban J connectivity index is 1.78. The van der Waals surface area contributed by atoms with Crippen LogP contribution in [0.25, 0.3) is 11.2 Å². The van der Waals surface area contributed by atoms with Gasteiger partial charge in [0, 0.05) is 19.0 Å². The van der Waals surface area contributed by atoms with E-state index in [2.05, 4.69) is 54.5 Å². The summed E-state index contributed by atoms with van der Waals surface area (Å²) in [5.41, 5.74) is 1.44. The third kappa shape index (κ3) is 5.07. The van der Waals surface area contributed by atoms with Crippen molar-refractivity contribution in [2.75, 3.05) is 5.32 Å². The van der Waals surface area contributed by atoms with Crippen LogP contribution in [0.4, 0.5) is 5.82 Å². The third-order valence-electron chi connectivity index (χ3n) is 7.36. The van der Waals surface area contributed by atoms with Crippen LogP contribution in [0.1, 0.15) is 96.0 Å². The highest BCUT2D eigenvalue weighted by Crippen LogP contribution is 2.35. The number of rotatable bonds is 7. The van der Waals surface area contributed by atoms with E-state index in [1.165, 1.54) is 44.9 Å². The van der Waals surface area contributed by atoms with Gasteiger partial charge in [0.15, 0.2) is 11.5 Å². The van der Waals surface area contributed by atoms with Crippen LogP contribution in [0.5, 0.6) is 0 Å². The number of nitrogens with zero attached hydrogens (tertiary/aromatic N) is 4. The van der Waals surface area contributed by atoms with Crippen LogP contribution in [0, 0.1) is 23.2 Å². The summed E-state index contributed by atoms with van der Waals surface area (Å²) in [5.74, 6) is 2.35. The van der Waals surface area contributed by atoms with Crippen molar-refractivity contribution >= 4 is 23.0 Å². The zero-order valence-electron chi connectivity index (χ0n) is 20.3. The number of hydrogen-bond acceptors (Lipinski definition) is 5. The first-order valence-electron chi connectivity index (χ1n) is 12.4. The fraction of sp³-hybridized carbons (Fsp3) is 0.760. The van der Waals surface area contributed by atoms with Crippen LogP contribution in [-0.4, -0.2) is 36.6 Å². The normalized spacial score (nSPS) is 23.2. The SMILES string of the molecule is CC1CCC(Cn2c(CC(C)(C)C)nc3nc(C(=O)O)nc(N[C@H](C)C4CCC4)c32)CC1. The number of aromatic nitrogens is 4. The minimum Gasteiger partial charge on any atom is -0.475 e. The topological polar surface area (TPSA) is 92.9 Å².